The Kier molecular flexibility index (Phi) is 6.42. The third-order valence-electron chi connectivity index (χ3n) is 5.75. The number of benzene rings is 1. The average molecular weight is 466 g/mol. The minimum absolute atomic E-state index is 0.0143. The van der Waals surface area contributed by atoms with Gasteiger partial charge in [-0.1, -0.05) is 23.7 Å². The summed E-state index contributed by atoms with van der Waals surface area (Å²) in [6.07, 6.45) is 2.19. The SMILES string of the molecule is CC(=O)N[C@@H](C)c1ccc(O[C@@H]2CCN(c3ncc(OCC4CC4(F)F)cc3Cl)C2)cc1. The smallest absolute Gasteiger partial charge is 0.255 e. The van der Waals surface area contributed by atoms with Crippen LogP contribution >= 0.6 is 11.6 Å². The predicted molar refractivity (Wildman–Crippen MR) is 118 cm³/mol. The maximum atomic E-state index is 13.0. The number of halogens is 3. The number of anilines is 1. The van der Waals surface area contributed by atoms with Crippen molar-refractivity contribution in [3.8, 4) is 11.5 Å². The van der Waals surface area contributed by atoms with Crippen molar-refractivity contribution >= 4 is 23.3 Å². The molecule has 6 nitrogen and oxygen atoms in total. The van der Waals surface area contributed by atoms with Crippen molar-refractivity contribution in [2.45, 2.75) is 44.8 Å². The third kappa shape index (κ3) is 5.41. The maximum absolute atomic E-state index is 13.0. The van der Waals surface area contributed by atoms with E-state index in [1.807, 2.05) is 36.1 Å². The molecule has 4 rings (SSSR count). The van der Waals surface area contributed by atoms with E-state index in [0.29, 0.717) is 23.1 Å². The van der Waals surface area contributed by atoms with Crippen molar-refractivity contribution in [2.75, 3.05) is 24.6 Å². The van der Waals surface area contributed by atoms with Gasteiger partial charge in [-0.15, -0.1) is 0 Å². The summed E-state index contributed by atoms with van der Waals surface area (Å²) in [7, 11) is 0. The summed E-state index contributed by atoms with van der Waals surface area (Å²) in [6, 6.07) is 9.24. The van der Waals surface area contributed by atoms with Gasteiger partial charge >= 0.3 is 0 Å². The minimum atomic E-state index is -2.61. The molecule has 2 aliphatic rings. The average Bonchev–Trinajstić information content (AvgIpc) is 3.11. The van der Waals surface area contributed by atoms with Gasteiger partial charge in [-0.25, -0.2) is 13.8 Å². The third-order valence-corrected chi connectivity index (χ3v) is 6.03. The Morgan fingerprint density at radius 2 is 2.06 bits per heavy atom. The van der Waals surface area contributed by atoms with E-state index in [1.54, 1.807) is 6.07 Å². The Labute approximate surface area is 190 Å². The van der Waals surface area contributed by atoms with Crippen LogP contribution in [0.25, 0.3) is 0 Å². The second-order valence-electron chi connectivity index (χ2n) is 8.42. The first-order valence-electron chi connectivity index (χ1n) is 10.7. The summed E-state index contributed by atoms with van der Waals surface area (Å²) in [6.45, 7) is 4.76. The molecule has 9 heteroatoms. The highest BCUT2D eigenvalue weighted by atomic mass is 35.5. The number of alkyl halides is 2. The van der Waals surface area contributed by atoms with E-state index in [1.165, 1.54) is 13.1 Å². The molecule has 172 valence electrons. The van der Waals surface area contributed by atoms with Crippen LogP contribution in [0.15, 0.2) is 36.5 Å². The van der Waals surface area contributed by atoms with E-state index in [-0.39, 0.29) is 31.1 Å². The maximum Gasteiger partial charge on any atom is 0.255 e. The monoisotopic (exact) mass is 465 g/mol. The zero-order valence-electron chi connectivity index (χ0n) is 18.0. The molecule has 32 heavy (non-hydrogen) atoms. The van der Waals surface area contributed by atoms with Gasteiger partial charge in [0.25, 0.3) is 5.92 Å². The van der Waals surface area contributed by atoms with Gasteiger partial charge in [0, 0.05) is 32.4 Å². The minimum Gasteiger partial charge on any atom is -0.491 e. The number of pyridine rings is 1. The number of nitrogens with one attached hydrogen (secondary N) is 1. The molecule has 1 aliphatic heterocycles. The van der Waals surface area contributed by atoms with Crippen LogP contribution in [0.5, 0.6) is 11.5 Å². The van der Waals surface area contributed by atoms with Crippen molar-refractivity contribution in [3.05, 3.63) is 47.1 Å². The first kappa shape index (κ1) is 22.6. The molecular weight excluding hydrogens is 440 g/mol. The van der Waals surface area contributed by atoms with Gasteiger partial charge in [-0.05, 0) is 24.6 Å². The summed E-state index contributed by atoms with van der Waals surface area (Å²) in [5.41, 5.74) is 1.00. The number of carbonyl (C=O) groups is 1. The number of ether oxygens (including phenoxy) is 2. The Bertz CT molecular complexity index is 973. The molecule has 0 bridgehead atoms. The van der Waals surface area contributed by atoms with Crippen molar-refractivity contribution in [1.82, 2.24) is 10.3 Å². The Hall–Kier alpha value is -2.61. The van der Waals surface area contributed by atoms with Gasteiger partial charge in [0.05, 0.1) is 36.3 Å². The molecule has 1 N–H and O–H groups in total. The van der Waals surface area contributed by atoms with E-state index in [9.17, 15) is 13.6 Å². The van der Waals surface area contributed by atoms with Crippen LogP contribution in [0.4, 0.5) is 14.6 Å². The van der Waals surface area contributed by atoms with Gasteiger partial charge in [-0.2, -0.15) is 0 Å². The molecule has 2 fully saturated rings. The molecule has 1 amide bonds. The van der Waals surface area contributed by atoms with Crippen LogP contribution in [0.1, 0.15) is 38.3 Å². The highest BCUT2D eigenvalue weighted by molar-refractivity contribution is 6.33. The molecule has 1 saturated heterocycles. The van der Waals surface area contributed by atoms with Crippen molar-refractivity contribution < 1.29 is 23.0 Å². The molecular formula is C23H26ClF2N3O3. The standard InChI is InChI=1S/C23H26ClF2N3O3/c1-14(28-15(2)30)16-3-5-18(6-4-16)32-19-7-8-29(12-19)22-21(24)9-20(11-27-22)31-13-17-10-23(17,25)26/h3-6,9,11,14,17,19H,7-8,10,12-13H2,1-2H3,(H,28,30)/t14-,17?,19+/m0/s1. The lowest BCUT2D eigenvalue weighted by atomic mass is 10.1. The topological polar surface area (TPSA) is 63.7 Å². The zero-order valence-corrected chi connectivity index (χ0v) is 18.7. The highest BCUT2D eigenvalue weighted by Gasteiger charge is 2.57. The lowest BCUT2D eigenvalue weighted by Crippen LogP contribution is -2.25. The molecule has 1 aliphatic carbocycles. The van der Waals surface area contributed by atoms with Crippen molar-refractivity contribution in [3.63, 3.8) is 0 Å². The molecule has 1 aromatic carbocycles. The molecule has 3 atom stereocenters. The van der Waals surface area contributed by atoms with Gasteiger partial charge < -0.3 is 19.7 Å². The number of hydrogen-bond acceptors (Lipinski definition) is 5. The van der Waals surface area contributed by atoms with Gasteiger partial charge in [0.1, 0.15) is 23.4 Å². The van der Waals surface area contributed by atoms with E-state index in [4.69, 9.17) is 21.1 Å². The summed E-state index contributed by atoms with van der Waals surface area (Å²) in [5.74, 6) is -1.62. The molecule has 0 spiro atoms. The van der Waals surface area contributed by atoms with Gasteiger partial charge in [0.2, 0.25) is 5.91 Å². The second-order valence-corrected chi connectivity index (χ2v) is 8.82. The lowest BCUT2D eigenvalue weighted by molar-refractivity contribution is -0.119. The summed E-state index contributed by atoms with van der Waals surface area (Å²) < 4.78 is 37.5. The van der Waals surface area contributed by atoms with Crippen molar-refractivity contribution in [1.29, 1.82) is 0 Å². The zero-order chi connectivity index (χ0) is 22.9. The second kappa shape index (κ2) is 9.10. The summed E-state index contributed by atoms with van der Waals surface area (Å²) >= 11 is 6.38. The van der Waals surface area contributed by atoms with Crippen LogP contribution in [-0.4, -0.2) is 42.6 Å². The largest absolute Gasteiger partial charge is 0.491 e. The van der Waals surface area contributed by atoms with Crippen LogP contribution in [0.2, 0.25) is 5.02 Å². The predicted octanol–water partition coefficient (Wildman–Crippen LogP) is 4.62. The number of hydrogen-bond donors (Lipinski definition) is 1. The molecule has 1 aromatic heterocycles. The molecule has 2 heterocycles. The van der Waals surface area contributed by atoms with E-state index >= 15 is 0 Å². The molecule has 1 unspecified atom stereocenters. The van der Waals surface area contributed by atoms with Crippen LogP contribution < -0.4 is 19.7 Å². The fraction of sp³-hybridized carbons (Fsp3) is 0.478. The normalized spacial score (nSPS) is 22.3. The summed E-state index contributed by atoms with van der Waals surface area (Å²) in [4.78, 5) is 17.6. The van der Waals surface area contributed by atoms with Crippen LogP contribution in [-0.2, 0) is 4.79 Å². The molecule has 0 radical (unpaired) electrons. The number of aromatic nitrogens is 1. The Morgan fingerprint density at radius 1 is 1.34 bits per heavy atom. The first-order valence-corrected chi connectivity index (χ1v) is 11.0. The fourth-order valence-corrected chi connectivity index (χ4v) is 4.08. The van der Waals surface area contributed by atoms with Crippen LogP contribution in [0.3, 0.4) is 0 Å². The first-order chi connectivity index (χ1) is 15.2. The van der Waals surface area contributed by atoms with E-state index in [2.05, 4.69) is 10.3 Å². The number of nitrogens with zero attached hydrogens (tertiary/aromatic N) is 2. The lowest BCUT2D eigenvalue weighted by Gasteiger charge is -2.20. The van der Waals surface area contributed by atoms with E-state index < -0.39 is 11.8 Å². The number of rotatable bonds is 8. The molecule has 2 aromatic rings. The molecule has 1 saturated carbocycles. The quantitative estimate of drug-likeness (QED) is 0.616. The fourth-order valence-electron chi connectivity index (χ4n) is 3.80. The van der Waals surface area contributed by atoms with Crippen LogP contribution in [0, 0.1) is 5.92 Å². The van der Waals surface area contributed by atoms with Gasteiger partial charge in [0.15, 0.2) is 0 Å². The number of carbonyl (C=O) groups excluding carboxylic acids is 1. The highest BCUT2D eigenvalue weighted by Crippen LogP contribution is 2.48. The van der Waals surface area contributed by atoms with Gasteiger partial charge in [-0.3, -0.25) is 4.79 Å². The van der Waals surface area contributed by atoms with E-state index in [0.717, 1.165) is 24.3 Å². The Morgan fingerprint density at radius 3 is 2.69 bits per heavy atom. The summed E-state index contributed by atoms with van der Waals surface area (Å²) in [5, 5.41) is 3.28. The van der Waals surface area contributed by atoms with Crippen molar-refractivity contribution in [2.24, 2.45) is 5.92 Å². The Balaban J connectivity index is 1.30. The number of amides is 1.